The maximum Gasteiger partial charge on any atom is 0.266 e. The average Bonchev–Trinajstić information content (AvgIpc) is 2.65. The number of benzene rings is 1. The molecule has 0 atom stereocenters. The summed E-state index contributed by atoms with van der Waals surface area (Å²) in [5, 5.41) is 11.3. The van der Waals surface area contributed by atoms with E-state index in [2.05, 4.69) is 0 Å². The molecule has 0 aliphatic carbocycles. The van der Waals surface area contributed by atoms with Gasteiger partial charge in [0.2, 0.25) is 0 Å². The van der Waals surface area contributed by atoms with Crippen molar-refractivity contribution in [1.29, 1.82) is 0 Å². The summed E-state index contributed by atoms with van der Waals surface area (Å²) in [6.07, 6.45) is 1.51. The standard InChI is InChI=1S/C13H9Cl2NO4S2/c1-20-11-6(2-7(14)4-8(11)15)3-9-12(19)16(5-10(17)18)13(21)22-9/h2-4H,5H2,1H3,(H,17,18)/p-1. The van der Waals surface area contributed by atoms with E-state index in [-0.39, 0.29) is 9.23 Å². The van der Waals surface area contributed by atoms with Gasteiger partial charge < -0.3 is 14.6 Å². The highest BCUT2D eigenvalue weighted by atomic mass is 35.5. The largest absolute Gasteiger partial charge is 0.548 e. The van der Waals surface area contributed by atoms with Gasteiger partial charge in [-0.05, 0) is 18.2 Å². The van der Waals surface area contributed by atoms with Crippen molar-refractivity contribution in [3.63, 3.8) is 0 Å². The number of rotatable bonds is 4. The Hall–Kier alpha value is -1.28. The average molecular weight is 377 g/mol. The second kappa shape index (κ2) is 6.87. The summed E-state index contributed by atoms with van der Waals surface area (Å²) in [6.45, 7) is -0.588. The summed E-state index contributed by atoms with van der Waals surface area (Å²) >= 11 is 18.0. The van der Waals surface area contributed by atoms with E-state index in [1.807, 2.05) is 0 Å². The van der Waals surface area contributed by atoms with Gasteiger partial charge in [-0.15, -0.1) is 0 Å². The SMILES string of the molecule is COc1c(Cl)cc(Cl)cc1C=C1SC(=S)N(CC(=O)[O-])C1=O. The smallest absolute Gasteiger partial charge is 0.266 e. The second-order valence-electron chi connectivity index (χ2n) is 4.15. The van der Waals surface area contributed by atoms with Gasteiger partial charge in [0.15, 0.2) is 0 Å². The maximum absolute atomic E-state index is 12.2. The molecule has 2 rings (SSSR count). The number of carbonyl (C=O) groups is 2. The van der Waals surface area contributed by atoms with Crippen LogP contribution in [0.2, 0.25) is 10.0 Å². The lowest BCUT2D eigenvalue weighted by atomic mass is 10.2. The minimum absolute atomic E-state index is 0.146. The third kappa shape index (κ3) is 3.55. The van der Waals surface area contributed by atoms with Gasteiger partial charge in [0.05, 0.1) is 29.6 Å². The van der Waals surface area contributed by atoms with Crippen LogP contribution in [0.4, 0.5) is 0 Å². The summed E-state index contributed by atoms with van der Waals surface area (Å²) in [5.41, 5.74) is 0.494. The van der Waals surface area contributed by atoms with Crippen LogP contribution >= 0.6 is 47.2 Å². The van der Waals surface area contributed by atoms with E-state index in [4.69, 9.17) is 40.2 Å². The van der Waals surface area contributed by atoms with Crippen molar-refractivity contribution in [3.05, 3.63) is 32.6 Å². The number of nitrogens with zero attached hydrogens (tertiary/aromatic N) is 1. The zero-order chi connectivity index (χ0) is 16.4. The van der Waals surface area contributed by atoms with E-state index in [1.54, 1.807) is 6.07 Å². The van der Waals surface area contributed by atoms with Gasteiger partial charge in [0.25, 0.3) is 5.91 Å². The summed E-state index contributed by atoms with van der Waals surface area (Å²) in [5.74, 6) is -1.55. The lowest BCUT2D eigenvalue weighted by molar-refractivity contribution is -0.305. The fourth-order valence-corrected chi connectivity index (χ4v) is 3.64. The Morgan fingerprint density at radius 1 is 1.50 bits per heavy atom. The minimum atomic E-state index is -1.39. The quantitative estimate of drug-likeness (QED) is 0.590. The zero-order valence-electron chi connectivity index (χ0n) is 11.1. The number of carbonyl (C=O) groups excluding carboxylic acids is 2. The lowest BCUT2D eigenvalue weighted by Gasteiger charge is -2.14. The predicted octanol–water partition coefficient (Wildman–Crippen LogP) is 1.95. The number of carboxylic acid groups (broad SMARTS) is 1. The molecule has 22 heavy (non-hydrogen) atoms. The molecule has 1 aliphatic heterocycles. The van der Waals surface area contributed by atoms with Crippen molar-refractivity contribution in [2.75, 3.05) is 13.7 Å². The fourth-order valence-electron chi connectivity index (χ4n) is 1.81. The van der Waals surface area contributed by atoms with Gasteiger partial charge in [0, 0.05) is 10.6 Å². The van der Waals surface area contributed by atoms with Crippen molar-refractivity contribution in [2.24, 2.45) is 0 Å². The normalized spacial score (nSPS) is 16.5. The van der Waals surface area contributed by atoms with Crippen molar-refractivity contribution in [3.8, 4) is 5.75 Å². The molecule has 0 unspecified atom stereocenters. The molecule has 0 radical (unpaired) electrons. The first-order valence-corrected chi connectivity index (χ1v) is 7.79. The lowest BCUT2D eigenvalue weighted by Crippen LogP contribution is -2.40. The van der Waals surface area contributed by atoms with Gasteiger partial charge in [-0.3, -0.25) is 9.69 Å². The van der Waals surface area contributed by atoms with Gasteiger partial charge >= 0.3 is 0 Å². The number of aliphatic carboxylic acids is 1. The molecular weight excluding hydrogens is 369 g/mol. The second-order valence-corrected chi connectivity index (χ2v) is 6.67. The van der Waals surface area contributed by atoms with Crippen LogP contribution in [0.1, 0.15) is 5.56 Å². The monoisotopic (exact) mass is 376 g/mol. The highest BCUT2D eigenvalue weighted by Gasteiger charge is 2.32. The number of thioether (sulfide) groups is 1. The van der Waals surface area contributed by atoms with E-state index in [0.29, 0.717) is 21.4 Å². The highest BCUT2D eigenvalue weighted by Crippen LogP contribution is 2.37. The molecule has 0 aromatic heterocycles. The van der Waals surface area contributed by atoms with Crippen LogP contribution in [-0.2, 0) is 9.59 Å². The highest BCUT2D eigenvalue weighted by molar-refractivity contribution is 8.26. The molecule has 0 N–H and O–H groups in total. The first kappa shape index (κ1) is 17.1. The third-order valence-corrected chi connectivity index (χ3v) is 4.57. The van der Waals surface area contributed by atoms with Crippen LogP contribution in [-0.4, -0.2) is 34.8 Å². The molecule has 1 fully saturated rings. The van der Waals surface area contributed by atoms with E-state index >= 15 is 0 Å². The molecule has 1 aromatic rings. The van der Waals surface area contributed by atoms with E-state index in [0.717, 1.165) is 16.7 Å². The Morgan fingerprint density at radius 2 is 2.18 bits per heavy atom. The molecule has 1 heterocycles. The first-order valence-electron chi connectivity index (χ1n) is 5.81. The maximum atomic E-state index is 12.2. The molecule has 0 saturated carbocycles. The molecule has 116 valence electrons. The van der Waals surface area contributed by atoms with E-state index < -0.39 is 18.4 Å². The Balaban J connectivity index is 2.41. The van der Waals surface area contributed by atoms with Crippen LogP contribution < -0.4 is 9.84 Å². The number of methoxy groups -OCH3 is 1. The molecule has 9 heteroatoms. The topological polar surface area (TPSA) is 69.7 Å². The molecule has 0 spiro atoms. The minimum Gasteiger partial charge on any atom is -0.548 e. The summed E-state index contributed by atoms with van der Waals surface area (Å²) < 4.78 is 5.33. The Labute approximate surface area is 145 Å². The van der Waals surface area contributed by atoms with Crippen molar-refractivity contribution in [2.45, 2.75) is 0 Å². The van der Waals surface area contributed by atoms with Gasteiger partial charge in [0.1, 0.15) is 10.1 Å². The Bertz CT molecular complexity index is 706. The molecule has 1 aromatic carbocycles. The Morgan fingerprint density at radius 3 is 2.77 bits per heavy atom. The van der Waals surface area contributed by atoms with Crippen molar-refractivity contribution < 1.29 is 19.4 Å². The molecule has 0 bridgehead atoms. The molecule has 1 aliphatic rings. The van der Waals surface area contributed by atoms with Gasteiger partial charge in [-0.2, -0.15) is 0 Å². The molecule has 1 amide bonds. The zero-order valence-corrected chi connectivity index (χ0v) is 14.2. The molecule has 5 nitrogen and oxygen atoms in total. The van der Waals surface area contributed by atoms with Gasteiger partial charge in [-0.25, -0.2) is 0 Å². The Kier molecular flexibility index (Phi) is 5.33. The number of carboxylic acids is 1. The molecular formula is C13H8Cl2NO4S2-. The van der Waals surface area contributed by atoms with Crippen LogP contribution in [0.3, 0.4) is 0 Å². The van der Waals surface area contributed by atoms with Crippen LogP contribution in [0.5, 0.6) is 5.75 Å². The van der Waals surface area contributed by atoms with E-state index in [1.165, 1.54) is 19.3 Å². The number of halogens is 2. The first-order chi connectivity index (χ1) is 10.3. The number of hydrogen-bond donors (Lipinski definition) is 0. The molecule has 1 saturated heterocycles. The number of thiocarbonyl (C=S) groups is 1. The van der Waals surface area contributed by atoms with Crippen LogP contribution in [0.25, 0.3) is 6.08 Å². The fraction of sp³-hybridized carbons (Fsp3) is 0.154. The van der Waals surface area contributed by atoms with Crippen LogP contribution in [0.15, 0.2) is 17.0 Å². The summed E-state index contributed by atoms with van der Waals surface area (Å²) in [4.78, 5) is 24.0. The number of amides is 1. The number of hydrogen-bond acceptors (Lipinski definition) is 6. The van der Waals surface area contributed by atoms with Crippen LogP contribution in [0, 0.1) is 0 Å². The number of ether oxygens (including phenoxy) is 1. The summed E-state index contributed by atoms with van der Waals surface area (Å²) in [6, 6.07) is 3.10. The predicted molar refractivity (Wildman–Crippen MR) is 87.9 cm³/mol. The summed E-state index contributed by atoms with van der Waals surface area (Å²) in [7, 11) is 1.44. The third-order valence-electron chi connectivity index (χ3n) is 2.69. The van der Waals surface area contributed by atoms with E-state index in [9.17, 15) is 14.7 Å². The van der Waals surface area contributed by atoms with Crippen molar-refractivity contribution >= 4 is 69.5 Å². The van der Waals surface area contributed by atoms with Gasteiger partial charge in [-0.1, -0.05) is 47.2 Å². The van der Waals surface area contributed by atoms with Crippen molar-refractivity contribution in [1.82, 2.24) is 4.90 Å².